The van der Waals surface area contributed by atoms with E-state index in [1.165, 1.54) is 6.92 Å². The molecule has 6 heteroatoms. The van der Waals surface area contributed by atoms with Crippen molar-refractivity contribution in [3.05, 3.63) is 30.3 Å². The summed E-state index contributed by atoms with van der Waals surface area (Å²) in [6.45, 7) is 1.35. The van der Waals surface area contributed by atoms with Gasteiger partial charge in [0.05, 0.1) is 17.2 Å². The van der Waals surface area contributed by atoms with Crippen molar-refractivity contribution in [3.63, 3.8) is 0 Å². The molecule has 0 aliphatic heterocycles. The van der Waals surface area contributed by atoms with Crippen LogP contribution >= 0.6 is 0 Å². The summed E-state index contributed by atoms with van der Waals surface area (Å²) in [4.78, 5) is 22.5. The van der Waals surface area contributed by atoms with E-state index in [4.69, 9.17) is 4.74 Å². The van der Waals surface area contributed by atoms with Gasteiger partial charge < -0.3 is 9.47 Å². The first-order valence-corrected chi connectivity index (χ1v) is 7.14. The third-order valence-electron chi connectivity index (χ3n) is 2.15. The second-order valence-electron chi connectivity index (χ2n) is 3.67. The average molecular weight is 284 g/mol. The maximum absolute atomic E-state index is 11.8. The first-order valence-electron chi connectivity index (χ1n) is 5.82. The van der Waals surface area contributed by atoms with E-state index >= 15 is 0 Å². The minimum absolute atomic E-state index is 0.0242. The lowest BCUT2D eigenvalue weighted by Crippen LogP contribution is -2.14. The molecule has 0 aliphatic rings. The molecular formula is C13H16O5S. The van der Waals surface area contributed by atoms with E-state index < -0.39 is 22.7 Å². The van der Waals surface area contributed by atoms with Crippen LogP contribution < -0.4 is 0 Å². The lowest BCUT2D eigenvalue weighted by molar-refractivity contribution is -0.150. The van der Waals surface area contributed by atoms with E-state index in [1.807, 2.05) is 6.07 Å². The lowest BCUT2D eigenvalue weighted by atomic mass is 10.4. The van der Waals surface area contributed by atoms with Crippen LogP contribution in [0.2, 0.25) is 0 Å². The van der Waals surface area contributed by atoms with Crippen LogP contribution in [-0.4, -0.2) is 35.1 Å². The number of ether oxygens (including phenoxy) is 2. The van der Waals surface area contributed by atoms with Crippen molar-refractivity contribution < 1.29 is 23.3 Å². The van der Waals surface area contributed by atoms with Gasteiger partial charge in [-0.05, 0) is 12.1 Å². The fourth-order valence-corrected chi connectivity index (χ4v) is 2.33. The minimum Gasteiger partial charge on any atom is -0.462 e. The van der Waals surface area contributed by atoms with E-state index in [-0.39, 0.29) is 25.4 Å². The van der Waals surface area contributed by atoms with Gasteiger partial charge in [-0.1, -0.05) is 18.2 Å². The second-order valence-corrected chi connectivity index (χ2v) is 5.24. The Bertz CT molecular complexity index is 444. The standard InChI is InChI=1S/C13H16O5S/c1-11(14)17-8-9-18-13(15)7-10-19(16)12-5-3-2-4-6-12/h2-6H,7-10H2,1H3. The fraction of sp³-hybridized carbons (Fsp3) is 0.385. The Balaban J connectivity index is 2.20. The first-order chi connectivity index (χ1) is 9.09. The van der Waals surface area contributed by atoms with Crippen LogP contribution in [0.4, 0.5) is 0 Å². The predicted octanol–water partition coefficient (Wildman–Crippen LogP) is 1.29. The van der Waals surface area contributed by atoms with E-state index in [1.54, 1.807) is 24.3 Å². The maximum Gasteiger partial charge on any atom is 0.306 e. The van der Waals surface area contributed by atoms with Gasteiger partial charge in [-0.3, -0.25) is 13.8 Å². The summed E-state index contributed by atoms with van der Waals surface area (Å²) < 4.78 is 21.2. The molecule has 1 aromatic rings. The van der Waals surface area contributed by atoms with Gasteiger partial charge in [-0.25, -0.2) is 0 Å². The molecule has 1 unspecified atom stereocenters. The van der Waals surface area contributed by atoms with E-state index in [9.17, 15) is 13.8 Å². The molecular weight excluding hydrogens is 268 g/mol. The Labute approximate surface area is 114 Å². The van der Waals surface area contributed by atoms with Gasteiger partial charge >= 0.3 is 11.9 Å². The quantitative estimate of drug-likeness (QED) is 0.557. The van der Waals surface area contributed by atoms with Crippen molar-refractivity contribution in [1.29, 1.82) is 0 Å². The third kappa shape index (κ3) is 6.71. The SMILES string of the molecule is CC(=O)OCCOC(=O)CCS(=O)c1ccccc1. The number of carbonyl (C=O) groups excluding carboxylic acids is 2. The molecule has 0 radical (unpaired) electrons. The number of rotatable bonds is 7. The first kappa shape index (κ1) is 15.4. The van der Waals surface area contributed by atoms with Crippen molar-refractivity contribution in [2.45, 2.75) is 18.2 Å². The summed E-state index contributed by atoms with van der Waals surface area (Å²) in [6.07, 6.45) is 0.0710. The molecule has 104 valence electrons. The minimum atomic E-state index is -1.20. The van der Waals surface area contributed by atoms with Crippen LogP contribution in [0.1, 0.15) is 13.3 Å². The molecule has 5 nitrogen and oxygen atoms in total. The molecule has 0 spiro atoms. The Hall–Kier alpha value is -1.69. The number of hydrogen-bond donors (Lipinski definition) is 0. The molecule has 0 bridgehead atoms. The second kappa shape index (κ2) is 8.42. The molecule has 1 atom stereocenters. The zero-order valence-corrected chi connectivity index (χ0v) is 11.5. The molecule has 0 saturated carbocycles. The summed E-state index contributed by atoms with van der Waals surface area (Å²) >= 11 is 0. The summed E-state index contributed by atoms with van der Waals surface area (Å²) in [5.41, 5.74) is 0. The Kier molecular flexibility index (Phi) is 6.81. The monoisotopic (exact) mass is 284 g/mol. The summed E-state index contributed by atoms with van der Waals surface area (Å²) in [5.74, 6) is -0.645. The van der Waals surface area contributed by atoms with E-state index in [2.05, 4.69) is 4.74 Å². The molecule has 0 heterocycles. The predicted molar refractivity (Wildman–Crippen MR) is 69.9 cm³/mol. The molecule has 0 fully saturated rings. The average Bonchev–Trinajstić information content (AvgIpc) is 2.41. The molecule has 1 rings (SSSR count). The van der Waals surface area contributed by atoms with Crippen LogP contribution in [0.15, 0.2) is 35.2 Å². The highest BCUT2D eigenvalue weighted by molar-refractivity contribution is 7.85. The Morgan fingerprint density at radius 2 is 1.74 bits per heavy atom. The van der Waals surface area contributed by atoms with Crippen molar-refractivity contribution in [3.8, 4) is 0 Å². The van der Waals surface area contributed by atoms with Crippen LogP contribution in [0.3, 0.4) is 0 Å². The van der Waals surface area contributed by atoms with Crippen LogP contribution in [0.25, 0.3) is 0 Å². The maximum atomic E-state index is 11.8. The normalized spacial score (nSPS) is 11.6. The number of esters is 2. The van der Waals surface area contributed by atoms with E-state index in [0.29, 0.717) is 4.90 Å². The number of carbonyl (C=O) groups is 2. The van der Waals surface area contributed by atoms with Crippen molar-refractivity contribution >= 4 is 22.7 Å². The van der Waals surface area contributed by atoms with Gasteiger partial charge in [0.15, 0.2) is 0 Å². The fourth-order valence-electron chi connectivity index (χ4n) is 1.28. The molecule has 0 aromatic heterocycles. The van der Waals surface area contributed by atoms with Gasteiger partial charge in [-0.15, -0.1) is 0 Å². The number of benzene rings is 1. The smallest absolute Gasteiger partial charge is 0.306 e. The topological polar surface area (TPSA) is 69.7 Å². The largest absolute Gasteiger partial charge is 0.462 e. The third-order valence-corrected chi connectivity index (χ3v) is 3.52. The Morgan fingerprint density at radius 1 is 1.11 bits per heavy atom. The molecule has 0 aliphatic carbocycles. The van der Waals surface area contributed by atoms with Crippen LogP contribution in [0.5, 0.6) is 0 Å². The molecule has 0 N–H and O–H groups in total. The van der Waals surface area contributed by atoms with Crippen LogP contribution in [0, 0.1) is 0 Å². The molecule has 0 amide bonds. The molecule has 0 saturated heterocycles. The van der Waals surface area contributed by atoms with Gasteiger partial charge in [0, 0.05) is 17.6 Å². The number of hydrogen-bond acceptors (Lipinski definition) is 5. The zero-order valence-electron chi connectivity index (χ0n) is 10.7. The summed E-state index contributed by atoms with van der Waals surface area (Å²) in [5, 5.41) is 0. The Morgan fingerprint density at radius 3 is 2.37 bits per heavy atom. The van der Waals surface area contributed by atoms with Gasteiger partial charge in [0.2, 0.25) is 0 Å². The van der Waals surface area contributed by atoms with Crippen molar-refractivity contribution in [2.75, 3.05) is 19.0 Å². The van der Waals surface area contributed by atoms with Gasteiger partial charge in [0.1, 0.15) is 13.2 Å². The van der Waals surface area contributed by atoms with Gasteiger partial charge in [0.25, 0.3) is 0 Å². The van der Waals surface area contributed by atoms with Gasteiger partial charge in [-0.2, -0.15) is 0 Å². The highest BCUT2D eigenvalue weighted by atomic mass is 32.2. The zero-order chi connectivity index (χ0) is 14.1. The molecule has 19 heavy (non-hydrogen) atoms. The van der Waals surface area contributed by atoms with Crippen molar-refractivity contribution in [1.82, 2.24) is 0 Å². The van der Waals surface area contributed by atoms with Crippen LogP contribution in [-0.2, 0) is 29.9 Å². The summed E-state index contributed by atoms with van der Waals surface area (Å²) in [6, 6.07) is 8.93. The highest BCUT2D eigenvalue weighted by Crippen LogP contribution is 2.06. The lowest BCUT2D eigenvalue weighted by Gasteiger charge is -2.05. The van der Waals surface area contributed by atoms with E-state index in [0.717, 1.165) is 0 Å². The summed E-state index contributed by atoms with van der Waals surface area (Å²) in [7, 11) is -1.20. The molecule has 1 aromatic carbocycles. The van der Waals surface area contributed by atoms with Crippen molar-refractivity contribution in [2.24, 2.45) is 0 Å². The highest BCUT2D eigenvalue weighted by Gasteiger charge is 2.08.